The first-order valence-electron chi connectivity index (χ1n) is 5.99. The van der Waals surface area contributed by atoms with Gasteiger partial charge in [-0.2, -0.15) is 0 Å². The quantitative estimate of drug-likeness (QED) is 0.680. The molecular formula is C11H21N3OS. The first kappa shape index (κ1) is 13.2. The van der Waals surface area contributed by atoms with Crippen molar-refractivity contribution in [3.8, 4) is 0 Å². The van der Waals surface area contributed by atoms with Crippen LogP contribution in [-0.4, -0.2) is 41.6 Å². The molecule has 0 radical (unpaired) electrons. The number of carbonyl (C=O) groups is 1. The summed E-state index contributed by atoms with van der Waals surface area (Å²) in [6.45, 7) is 6.16. The molecule has 0 aromatic carbocycles. The van der Waals surface area contributed by atoms with Crippen LogP contribution in [0.1, 0.15) is 33.1 Å². The third-order valence-electron chi connectivity index (χ3n) is 2.65. The molecule has 5 heteroatoms. The fourth-order valence-electron chi connectivity index (χ4n) is 1.48. The van der Waals surface area contributed by atoms with E-state index in [1.165, 1.54) is 12.8 Å². The number of rotatable bonds is 6. The Kier molecular flexibility index (Phi) is 5.52. The summed E-state index contributed by atoms with van der Waals surface area (Å²) in [4.78, 5) is 13.5. The van der Waals surface area contributed by atoms with Crippen LogP contribution < -0.4 is 10.6 Å². The second kappa shape index (κ2) is 6.68. The Bertz CT molecular complexity index is 250. The van der Waals surface area contributed by atoms with E-state index >= 15 is 0 Å². The van der Waals surface area contributed by atoms with E-state index in [0.717, 1.165) is 13.1 Å². The molecule has 1 aliphatic rings. The molecule has 92 valence electrons. The van der Waals surface area contributed by atoms with Crippen LogP contribution in [0.5, 0.6) is 0 Å². The van der Waals surface area contributed by atoms with Gasteiger partial charge in [0.05, 0.1) is 0 Å². The Balaban J connectivity index is 2.08. The van der Waals surface area contributed by atoms with Gasteiger partial charge in [0.2, 0.25) is 5.91 Å². The van der Waals surface area contributed by atoms with Crippen molar-refractivity contribution in [3.05, 3.63) is 0 Å². The smallest absolute Gasteiger partial charge is 0.224 e. The number of amides is 1. The maximum Gasteiger partial charge on any atom is 0.224 e. The van der Waals surface area contributed by atoms with E-state index < -0.39 is 0 Å². The summed E-state index contributed by atoms with van der Waals surface area (Å²) in [7, 11) is 0. The number of thiocarbonyl (C=S) groups is 1. The predicted octanol–water partition coefficient (Wildman–Crippen LogP) is 0.871. The van der Waals surface area contributed by atoms with Gasteiger partial charge < -0.3 is 15.5 Å². The van der Waals surface area contributed by atoms with Gasteiger partial charge in [0, 0.05) is 32.1 Å². The van der Waals surface area contributed by atoms with Gasteiger partial charge >= 0.3 is 0 Å². The molecule has 16 heavy (non-hydrogen) atoms. The van der Waals surface area contributed by atoms with Gasteiger partial charge in [0.1, 0.15) is 0 Å². The molecule has 0 aliphatic heterocycles. The van der Waals surface area contributed by atoms with Crippen molar-refractivity contribution in [2.24, 2.45) is 0 Å². The summed E-state index contributed by atoms with van der Waals surface area (Å²) in [6, 6.07) is 0.568. The topological polar surface area (TPSA) is 44.4 Å². The molecule has 2 N–H and O–H groups in total. The number of hydrogen-bond acceptors (Lipinski definition) is 2. The van der Waals surface area contributed by atoms with Crippen LogP contribution in [-0.2, 0) is 4.79 Å². The maximum absolute atomic E-state index is 11.6. The maximum atomic E-state index is 11.6. The molecule has 0 atom stereocenters. The highest BCUT2D eigenvalue weighted by Crippen LogP contribution is 2.18. The fraction of sp³-hybridized carbons (Fsp3) is 0.818. The molecule has 0 saturated heterocycles. The Morgan fingerprint density at radius 3 is 2.50 bits per heavy atom. The third kappa shape index (κ3) is 4.79. The molecule has 0 bridgehead atoms. The second-order valence-corrected chi connectivity index (χ2v) is 4.40. The van der Waals surface area contributed by atoms with Gasteiger partial charge in [-0.3, -0.25) is 4.79 Å². The predicted molar refractivity (Wildman–Crippen MR) is 69.3 cm³/mol. The van der Waals surface area contributed by atoms with Crippen LogP contribution in [0.3, 0.4) is 0 Å². The Morgan fingerprint density at radius 1 is 1.38 bits per heavy atom. The van der Waals surface area contributed by atoms with Crippen LogP contribution in [0.25, 0.3) is 0 Å². The molecule has 1 rings (SSSR count). The molecule has 1 fully saturated rings. The average Bonchev–Trinajstić information content (AvgIpc) is 3.03. The molecule has 1 amide bonds. The zero-order valence-electron chi connectivity index (χ0n) is 10.1. The van der Waals surface area contributed by atoms with Gasteiger partial charge in [0.25, 0.3) is 0 Å². The van der Waals surface area contributed by atoms with Crippen molar-refractivity contribution in [1.29, 1.82) is 0 Å². The highest BCUT2D eigenvalue weighted by atomic mass is 32.1. The van der Waals surface area contributed by atoms with Crippen LogP contribution in [0.4, 0.5) is 0 Å². The van der Waals surface area contributed by atoms with Crippen LogP contribution >= 0.6 is 12.2 Å². The lowest BCUT2D eigenvalue weighted by Gasteiger charge is -2.18. The molecule has 0 unspecified atom stereocenters. The fourth-order valence-corrected chi connectivity index (χ4v) is 1.75. The van der Waals surface area contributed by atoms with Gasteiger partial charge in [-0.15, -0.1) is 0 Å². The summed E-state index contributed by atoms with van der Waals surface area (Å²) < 4.78 is 0. The summed E-state index contributed by atoms with van der Waals surface area (Å²) in [5, 5.41) is 6.92. The van der Waals surface area contributed by atoms with E-state index in [4.69, 9.17) is 12.2 Å². The van der Waals surface area contributed by atoms with E-state index in [1.54, 1.807) is 0 Å². The van der Waals surface area contributed by atoms with Gasteiger partial charge in [0.15, 0.2) is 5.11 Å². The molecule has 1 aliphatic carbocycles. The van der Waals surface area contributed by atoms with E-state index in [2.05, 4.69) is 10.6 Å². The molecule has 0 spiro atoms. The standard InChI is InChI=1S/C11H21N3OS/c1-3-14(4-2)10(15)7-8-12-11(16)13-9-5-6-9/h9H,3-8H2,1-2H3,(H2,12,13,16). The van der Waals surface area contributed by atoms with E-state index in [1.807, 2.05) is 18.7 Å². The normalized spacial score (nSPS) is 14.4. The van der Waals surface area contributed by atoms with Gasteiger partial charge in [-0.05, 0) is 38.9 Å². The molecular weight excluding hydrogens is 222 g/mol. The largest absolute Gasteiger partial charge is 0.362 e. The summed E-state index contributed by atoms with van der Waals surface area (Å²) in [5.41, 5.74) is 0. The van der Waals surface area contributed by atoms with Crippen molar-refractivity contribution in [1.82, 2.24) is 15.5 Å². The van der Waals surface area contributed by atoms with Gasteiger partial charge in [-0.25, -0.2) is 0 Å². The number of carbonyl (C=O) groups excluding carboxylic acids is 1. The SMILES string of the molecule is CCN(CC)C(=O)CCNC(=S)NC1CC1. The van der Waals surface area contributed by atoms with Crippen LogP contribution in [0.15, 0.2) is 0 Å². The third-order valence-corrected chi connectivity index (χ3v) is 2.92. The van der Waals surface area contributed by atoms with Crippen molar-refractivity contribution in [2.45, 2.75) is 39.2 Å². The molecule has 1 saturated carbocycles. The van der Waals surface area contributed by atoms with Crippen molar-refractivity contribution < 1.29 is 4.79 Å². The Labute approximate surface area is 103 Å². The number of nitrogens with zero attached hydrogens (tertiary/aromatic N) is 1. The molecule has 0 heterocycles. The Hall–Kier alpha value is -0.840. The van der Waals surface area contributed by atoms with E-state index in [0.29, 0.717) is 24.1 Å². The average molecular weight is 243 g/mol. The molecule has 0 aromatic heterocycles. The minimum atomic E-state index is 0.187. The molecule has 0 aromatic rings. The van der Waals surface area contributed by atoms with Crippen LogP contribution in [0, 0.1) is 0 Å². The zero-order valence-corrected chi connectivity index (χ0v) is 10.9. The zero-order chi connectivity index (χ0) is 12.0. The Morgan fingerprint density at radius 2 is 2.00 bits per heavy atom. The van der Waals surface area contributed by atoms with Crippen LogP contribution in [0.2, 0.25) is 0 Å². The van der Waals surface area contributed by atoms with Crippen molar-refractivity contribution in [2.75, 3.05) is 19.6 Å². The highest BCUT2D eigenvalue weighted by Gasteiger charge is 2.21. The second-order valence-electron chi connectivity index (χ2n) is 3.99. The van der Waals surface area contributed by atoms with E-state index in [-0.39, 0.29) is 5.91 Å². The lowest BCUT2D eigenvalue weighted by molar-refractivity contribution is -0.130. The minimum absolute atomic E-state index is 0.187. The van der Waals surface area contributed by atoms with E-state index in [9.17, 15) is 4.79 Å². The lowest BCUT2D eigenvalue weighted by atomic mass is 10.3. The lowest BCUT2D eigenvalue weighted by Crippen LogP contribution is -2.39. The number of hydrogen-bond donors (Lipinski definition) is 2. The van der Waals surface area contributed by atoms with Crippen molar-refractivity contribution in [3.63, 3.8) is 0 Å². The summed E-state index contributed by atoms with van der Waals surface area (Å²) in [6.07, 6.45) is 2.93. The monoisotopic (exact) mass is 243 g/mol. The first-order chi connectivity index (χ1) is 7.67. The van der Waals surface area contributed by atoms with Crippen molar-refractivity contribution >= 4 is 23.2 Å². The minimum Gasteiger partial charge on any atom is -0.362 e. The summed E-state index contributed by atoms with van der Waals surface area (Å²) in [5.74, 6) is 0.187. The highest BCUT2D eigenvalue weighted by molar-refractivity contribution is 7.80. The summed E-state index contributed by atoms with van der Waals surface area (Å²) >= 11 is 5.10. The van der Waals surface area contributed by atoms with Gasteiger partial charge in [-0.1, -0.05) is 0 Å². The number of nitrogens with one attached hydrogen (secondary N) is 2. The molecule has 4 nitrogen and oxygen atoms in total. The first-order valence-corrected chi connectivity index (χ1v) is 6.40.